The van der Waals surface area contributed by atoms with Crippen molar-refractivity contribution >= 4 is 5.96 Å². The molecule has 2 rings (SSSR count). The Kier molecular flexibility index (Phi) is 8.92. The molecule has 146 valence electrons. The third-order valence-electron chi connectivity index (χ3n) is 5.36. The number of ether oxygens (including phenoxy) is 2. The number of nitrogens with one attached hydrogen (secondary N) is 2. The number of rotatable bonds is 10. The molecule has 26 heavy (non-hydrogen) atoms. The molecule has 2 N–H and O–H groups in total. The Morgan fingerprint density at radius 3 is 2.54 bits per heavy atom. The first kappa shape index (κ1) is 20.7. The van der Waals surface area contributed by atoms with Gasteiger partial charge in [0.05, 0.1) is 6.61 Å². The fraction of sp³-hybridized carbons (Fsp3) is 0.667. The quantitative estimate of drug-likeness (QED) is 0.381. The normalized spacial score (nSPS) is 16.7. The Balaban J connectivity index is 1.87. The van der Waals surface area contributed by atoms with E-state index in [1.807, 2.05) is 13.1 Å². The molecule has 0 aromatic heterocycles. The summed E-state index contributed by atoms with van der Waals surface area (Å²) in [5.74, 6) is 0.861. The Labute approximate surface area is 158 Å². The molecule has 0 heterocycles. The van der Waals surface area contributed by atoms with E-state index in [1.54, 1.807) is 7.11 Å². The van der Waals surface area contributed by atoms with E-state index >= 15 is 0 Å². The second kappa shape index (κ2) is 11.2. The van der Waals surface area contributed by atoms with Crippen LogP contribution in [0.15, 0.2) is 29.3 Å². The molecule has 0 saturated heterocycles. The van der Waals surface area contributed by atoms with Crippen molar-refractivity contribution in [1.82, 2.24) is 10.6 Å². The van der Waals surface area contributed by atoms with Crippen molar-refractivity contribution < 1.29 is 9.47 Å². The van der Waals surface area contributed by atoms with Crippen LogP contribution in [0, 0.1) is 5.41 Å². The van der Waals surface area contributed by atoms with Gasteiger partial charge in [0.25, 0.3) is 0 Å². The largest absolute Gasteiger partial charge is 0.382 e. The van der Waals surface area contributed by atoms with Crippen LogP contribution in [0.3, 0.4) is 0 Å². The maximum absolute atomic E-state index is 5.61. The van der Waals surface area contributed by atoms with Crippen LogP contribution in [0.2, 0.25) is 0 Å². The van der Waals surface area contributed by atoms with Gasteiger partial charge in [-0.2, -0.15) is 0 Å². The summed E-state index contributed by atoms with van der Waals surface area (Å²) in [5.41, 5.74) is 2.80. The van der Waals surface area contributed by atoms with Crippen molar-refractivity contribution in [1.29, 1.82) is 0 Å². The van der Waals surface area contributed by atoms with Crippen LogP contribution in [-0.2, 0) is 22.6 Å². The minimum Gasteiger partial charge on any atom is -0.382 e. The molecule has 0 aliphatic heterocycles. The van der Waals surface area contributed by atoms with Crippen LogP contribution < -0.4 is 10.6 Å². The molecule has 0 radical (unpaired) electrons. The van der Waals surface area contributed by atoms with Gasteiger partial charge in [0.1, 0.15) is 0 Å². The van der Waals surface area contributed by atoms with E-state index in [2.05, 4.69) is 40.7 Å². The molecule has 1 fully saturated rings. The molecule has 1 saturated carbocycles. The van der Waals surface area contributed by atoms with Crippen molar-refractivity contribution in [3.05, 3.63) is 35.4 Å². The highest BCUT2D eigenvalue weighted by atomic mass is 16.5. The molecule has 5 heteroatoms. The van der Waals surface area contributed by atoms with E-state index in [-0.39, 0.29) is 0 Å². The van der Waals surface area contributed by atoms with Crippen molar-refractivity contribution in [2.24, 2.45) is 10.4 Å². The van der Waals surface area contributed by atoms with Crippen molar-refractivity contribution in [3.8, 4) is 0 Å². The third-order valence-corrected chi connectivity index (χ3v) is 5.36. The van der Waals surface area contributed by atoms with Gasteiger partial charge in [0.2, 0.25) is 0 Å². The van der Waals surface area contributed by atoms with Crippen LogP contribution in [0.5, 0.6) is 0 Å². The lowest BCUT2D eigenvalue weighted by atomic mass is 9.83. The smallest absolute Gasteiger partial charge is 0.191 e. The number of methoxy groups -OCH3 is 1. The van der Waals surface area contributed by atoms with Crippen LogP contribution >= 0.6 is 0 Å². The maximum atomic E-state index is 5.61. The summed E-state index contributed by atoms with van der Waals surface area (Å²) in [4.78, 5) is 4.40. The fourth-order valence-electron chi connectivity index (χ4n) is 3.77. The van der Waals surface area contributed by atoms with Gasteiger partial charge in [-0.1, -0.05) is 37.1 Å². The van der Waals surface area contributed by atoms with E-state index in [4.69, 9.17) is 9.47 Å². The number of hydrogen-bond donors (Lipinski definition) is 2. The summed E-state index contributed by atoms with van der Waals surface area (Å²) in [6, 6.07) is 8.36. The van der Waals surface area contributed by atoms with Gasteiger partial charge in [-0.25, -0.2) is 0 Å². The number of nitrogens with zero attached hydrogens (tertiary/aromatic N) is 1. The summed E-state index contributed by atoms with van der Waals surface area (Å²) in [6.45, 7) is 6.05. The molecule has 0 atom stereocenters. The highest BCUT2D eigenvalue weighted by Gasteiger charge is 2.33. The predicted octanol–water partition coefficient (Wildman–Crippen LogP) is 3.49. The van der Waals surface area contributed by atoms with Crippen molar-refractivity contribution in [3.63, 3.8) is 0 Å². The molecule has 0 spiro atoms. The van der Waals surface area contributed by atoms with Crippen molar-refractivity contribution in [2.45, 2.75) is 52.2 Å². The topological polar surface area (TPSA) is 54.9 Å². The molecule has 1 aromatic rings. The zero-order valence-electron chi connectivity index (χ0n) is 16.6. The third kappa shape index (κ3) is 6.29. The molecular formula is C21H35N3O2. The number of hydrogen-bond acceptors (Lipinski definition) is 3. The average Bonchev–Trinajstić information content (AvgIpc) is 3.12. The van der Waals surface area contributed by atoms with E-state index in [0.29, 0.717) is 12.0 Å². The van der Waals surface area contributed by atoms with E-state index in [9.17, 15) is 0 Å². The Bertz CT molecular complexity index is 554. The summed E-state index contributed by atoms with van der Waals surface area (Å²) >= 11 is 0. The Morgan fingerprint density at radius 1 is 1.15 bits per heavy atom. The minimum atomic E-state index is 0.348. The molecule has 1 aliphatic rings. The minimum absolute atomic E-state index is 0.348. The van der Waals surface area contributed by atoms with Gasteiger partial charge < -0.3 is 20.1 Å². The highest BCUT2D eigenvalue weighted by molar-refractivity contribution is 5.79. The average molecular weight is 362 g/mol. The zero-order chi connectivity index (χ0) is 18.7. The van der Waals surface area contributed by atoms with Crippen molar-refractivity contribution in [2.75, 3.05) is 33.9 Å². The number of benzene rings is 1. The van der Waals surface area contributed by atoms with Gasteiger partial charge in [-0.15, -0.1) is 0 Å². The molecule has 0 amide bonds. The van der Waals surface area contributed by atoms with Crippen LogP contribution in [-0.4, -0.2) is 39.9 Å². The number of aliphatic imine (C=N–C) groups is 1. The molecule has 5 nitrogen and oxygen atoms in total. The molecular weight excluding hydrogens is 326 g/mol. The second-order valence-corrected chi connectivity index (χ2v) is 7.14. The van der Waals surface area contributed by atoms with E-state index < -0.39 is 0 Å². The van der Waals surface area contributed by atoms with Gasteiger partial charge in [-0.05, 0) is 42.7 Å². The Hall–Kier alpha value is -1.59. The summed E-state index contributed by atoms with van der Waals surface area (Å²) in [7, 11) is 3.56. The first-order valence-corrected chi connectivity index (χ1v) is 9.81. The second-order valence-electron chi connectivity index (χ2n) is 7.14. The first-order valence-electron chi connectivity index (χ1n) is 9.81. The lowest BCUT2D eigenvalue weighted by molar-refractivity contribution is 0.105. The summed E-state index contributed by atoms with van der Waals surface area (Å²) < 4.78 is 10.9. The molecule has 0 unspecified atom stereocenters. The summed E-state index contributed by atoms with van der Waals surface area (Å²) in [5, 5.41) is 7.00. The molecule has 1 aliphatic carbocycles. The SMILES string of the molecule is CCOCCC1(CNC(=NC)NCc2ccccc2COC)CCCC1. The lowest BCUT2D eigenvalue weighted by Crippen LogP contribution is -2.43. The van der Waals surface area contributed by atoms with Gasteiger partial charge in [0, 0.05) is 40.5 Å². The van der Waals surface area contributed by atoms with Crippen LogP contribution in [0.1, 0.15) is 50.2 Å². The summed E-state index contributed by atoms with van der Waals surface area (Å²) in [6.07, 6.45) is 6.33. The maximum Gasteiger partial charge on any atom is 0.191 e. The lowest BCUT2D eigenvalue weighted by Gasteiger charge is -2.30. The predicted molar refractivity (Wildman–Crippen MR) is 107 cm³/mol. The Morgan fingerprint density at radius 2 is 1.88 bits per heavy atom. The fourth-order valence-corrected chi connectivity index (χ4v) is 3.77. The standard InChI is InChI=1S/C21H35N3O2/c1-4-26-14-13-21(11-7-8-12-21)17-24-20(22-2)23-15-18-9-5-6-10-19(18)16-25-3/h5-6,9-10H,4,7-8,11-17H2,1-3H3,(H2,22,23,24). The number of guanidine groups is 1. The molecule has 0 bridgehead atoms. The zero-order valence-corrected chi connectivity index (χ0v) is 16.6. The van der Waals surface area contributed by atoms with Gasteiger partial charge in [-0.3, -0.25) is 4.99 Å². The first-order chi connectivity index (χ1) is 12.7. The van der Waals surface area contributed by atoms with E-state index in [0.717, 1.165) is 38.7 Å². The van der Waals surface area contributed by atoms with E-state index in [1.165, 1.54) is 36.8 Å². The van der Waals surface area contributed by atoms with Crippen LogP contribution in [0.4, 0.5) is 0 Å². The molecule has 1 aromatic carbocycles. The van der Waals surface area contributed by atoms with Gasteiger partial charge >= 0.3 is 0 Å². The van der Waals surface area contributed by atoms with Gasteiger partial charge in [0.15, 0.2) is 5.96 Å². The van der Waals surface area contributed by atoms with Crippen LogP contribution in [0.25, 0.3) is 0 Å². The highest BCUT2D eigenvalue weighted by Crippen LogP contribution is 2.40. The monoisotopic (exact) mass is 361 g/mol.